The van der Waals surface area contributed by atoms with E-state index in [1.165, 1.54) is 0 Å². The molecule has 0 bridgehead atoms. The Bertz CT molecular complexity index is 495. The Morgan fingerprint density at radius 1 is 1.25 bits per heavy atom. The minimum absolute atomic E-state index is 0.0256. The second kappa shape index (κ2) is 5.92. The Morgan fingerprint density at radius 3 is 2.40 bits per heavy atom. The molecule has 2 amide bonds. The number of ether oxygens (including phenoxy) is 1. The van der Waals surface area contributed by atoms with Crippen LogP contribution < -0.4 is 21.5 Å². The van der Waals surface area contributed by atoms with Crippen LogP contribution in [0.3, 0.4) is 0 Å². The van der Waals surface area contributed by atoms with Crippen molar-refractivity contribution in [1.82, 2.24) is 0 Å². The number of nitrogens with two attached hydrogens (primary N) is 2. The van der Waals surface area contributed by atoms with Gasteiger partial charge in [-0.05, 0) is 37.1 Å². The van der Waals surface area contributed by atoms with Crippen LogP contribution in [0.4, 0.5) is 5.69 Å². The molecule has 20 heavy (non-hydrogen) atoms. The average molecular weight is 277 g/mol. The van der Waals surface area contributed by atoms with Crippen LogP contribution in [-0.2, 0) is 9.59 Å². The summed E-state index contributed by atoms with van der Waals surface area (Å²) in [5.41, 5.74) is 11.0. The van der Waals surface area contributed by atoms with Gasteiger partial charge in [-0.2, -0.15) is 0 Å². The number of nitrogens with one attached hydrogen (secondary N) is 1. The van der Waals surface area contributed by atoms with E-state index in [1.807, 2.05) is 0 Å². The topological polar surface area (TPSA) is 107 Å². The molecular weight excluding hydrogens is 258 g/mol. The summed E-state index contributed by atoms with van der Waals surface area (Å²) in [6.07, 6.45) is 1.88. The Balaban J connectivity index is 1.85. The molecule has 0 atom stereocenters. The molecule has 108 valence electrons. The average Bonchev–Trinajstić information content (AvgIpc) is 3.21. The van der Waals surface area contributed by atoms with Crippen LogP contribution in [0.2, 0.25) is 0 Å². The fourth-order valence-electron chi connectivity index (χ4n) is 1.84. The van der Waals surface area contributed by atoms with Crippen molar-refractivity contribution < 1.29 is 14.3 Å². The van der Waals surface area contributed by atoms with Crippen molar-refractivity contribution in [3.05, 3.63) is 24.3 Å². The summed E-state index contributed by atoms with van der Waals surface area (Å²) in [4.78, 5) is 22.6. The Labute approximate surface area is 117 Å². The highest BCUT2D eigenvalue weighted by Gasteiger charge is 2.48. The van der Waals surface area contributed by atoms with Gasteiger partial charge in [0, 0.05) is 12.2 Å². The van der Waals surface area contributed by atoms with Gasteiger partial charge in [0.25, 0.3) is 0 Å². The predicted molar refractivity (Wildman–Crippen MR) is 75.1 cm³/mol. The highest BCUT2D eigenvalue weighted by atomic mass is 16.5. The van der Waals surface area contributed by atoms with Crippen molar-refractivity contribution in [2.24, 2.45) is 16.9 Å². The quantitative estimate of drug-likeness (QED) is 0.679. The molecule has 0 aliphatic heterocycles. The Hall–Kier alpha value is -2.08. The molecule has 0 aromatic heterocycles. The van der Waals surface area contributed by atoms with Gasteiger partial charge in [-0.3, -0.25) is 9.59 Å². The molecule has 1 saturated carbocycles. The first kappa shape index (κ1) is 14.3. The molecule has 0 spiro atoms. The number of hydrogen-bond donors (Lipinski definition) is 3. The molecule has 0 heterocycles. The van der Waals surface area contributed by atoms with E-state index in [9.17, 15) is 9.59 Å². The van der Waals surface area contributed by atoms with Crippen LogP contribution in [0.25, 0.3) is 0 Å². The molecule has 2 rings (SSSR count). The molecule has 1 aliphatic rings. The largest absolute Gasteiger partial charge is 0.493 e. The zero-order chi connectivity index (χ0) is 14.6. The SMILES string of the molecule is NCC1(C(=O)Nc2ccc(OCCC(N)=O)cc2)CC1. The third-order valence-electron chi connectivity index (χ3n) is 3.46. The molecule has 1 fully saturated rings. The van der Waals surface area contributed by atoms with E-state index in [2.05, 4.69) is 5.32 Å². The number of primary amides is 1. The highest BCUT2D eigenvalue weighted by molar-refractivity contribution is 5.97. The van der Waals surface area contributed by atoms with Crippen molar-refractivity contribution in [2.45, 2.75) is 19.3 Å². The normalized spacial score (nSPS) is 15.4. The summed E-state index contributed by atoms with van der Waals surface area (Å²) in [6, 6.07) is 6.98. The number of benzene rings is 1. The smallest absolute Gasteiger partial charge is 0.231 e. The summed E-state index contributed by atoms with van der Waals surface area (Å²) < 4.78 is 5.34. The molecule has 0 saturated heterocycles. The lowest BCUT2D eigenvalue weighted by Gasteiger charge is -2.13. The van der Waals surface area contributed by atoms with Crippen molar-refractivity contribution >= 4 is 17.5 Å². The van der Waals surface area contributed by atoms with Crippen LogP contribution in [0, 0.1) is 5.41 Å². The molecule has 0 radical (unpaired) electrons. The van der Waals surface area contributed by atoms with Gasteiger partial charge in [-0.15, -0.1) is 0 Å². The van der Waals surface area contributed by atoms with E-state index in [0.29, 0.717) is 18.0 Å². The zero-order valence-corrected chi connectivity index (χ0v) is 11.2. The Morgan fingerprint density at radius 2 is 1.90 bits per heavy atom. The first-order valence-corrected chi connectivity index (χ1v) is 6.58. The summed E-state index contributed by atoms with van der Waals surface area (Å²) >= 11 is 0. The fraction of sp³-hybridized carbons (Fsp3) is 0.429. The van der Waals surface area contributed by atoms with E-state index in [-0.39, 0.29) is 24.3 Å². The van der Waals surface area contributed by atoms with E-state index in [4.69, 9.17) is 16.2 Å². The van der Waals surface area contributed by atoms with Crippen LogP contribution in [0.5, 0.6) is 5.75 Å². The maximum Gasteiger partial charge on any atom is 0.231 e. The number of carbonyl (C=O) groups is 2. The van der Waals surface area contributed by atoms with Crippen LogP contribution in [0.15, 0.2) is 24.3 Å². The monoisotopic (exact) mass is 277 g/mol. The lowest BCUT2D eigenvalue weighted by Crippen LogP contribution is -2.30. The van der Waals surface area contributed by atoms with Crippen LogP contribution >= 0.6 is 0 Å². The zero-order valence-electron chi connectivity index (χ0n) is 11.2. The number of anilines is 1. The van der Waals surface area contributed by atoms with E-state index in [0.717, 1.165) is 12.8 Å². The standard InChI is InChI=1S/C14H19N3O3/c15-9-14(6-7-14)13(19)17-10-1-3-11(4-2-10)20-8-5-12(16)18/h1-4H,5-9,15H2,(H2,16,18)(H,17,19). The van der Waals surface area contributed by atoms with Gasteiger partial charge in [-0.25, -0.2) is 0 Å². The Kier molecular flexibility index (Phi) is 4.24. The van der Waals surface area contributed by atoms with Gasteiger partial charge in [0.1, 0.15) is 5.75 Å². The fourth-order valence-corrected chi connectivity index (χ4v) is 1.84. The van der Waals surface area contributed by atoms with Crippen molar-refractivity contribution in [3.63, 3.8) is 0 Å². The summed E-state index contributed by atoms with van der Waals surface area (Å²) in [5, 5.41) is 2.85. The van der Waals surface area contributed by atoms with Gasteiger partial charge >= 0.3 is 0 Å². The molecule has 6 heteroatoms. The van der Waals surface area contributed by atoms with E-state index in [1.54, 1.807) is 24.3 Å². The van der Waals surface area contributed by atoms with Gasteiger partial charge in [0.05, 0.1) is 18.4 Å². The minimum Gasteiger partial charge on any atom is -0.493 e. The van der Waals surface area contributed by atoms with Crippen molar-refractivity contribution in [1.29, 1.82) is 0 Å². The summed E-state index contributed by atoms with van der Waals surface area (Å²) in [6.45, 7) is 0.629. The van der Waals surface area contributed by atoms with Gasteiger partial charge < -0.3 is 21.5 Å². The molecular formula is C14H19N3O3. The molecule has 1 aromatic carbocycles. The number of hydrogen-bond acceptors (Lipinski definition) is 4. The highest BCUT2D eigenvalue weighted by Crippen LogP contribution is 2.45. The van der Waals surface area contributed by atoms with Gasteiger partial charge in [-0.1, -0.05) is 0 Å². The second-order valence-corrected chi connectivity index (χ2v) is 5.03. The number of amides is 2. The maximum atomic E-state index is 12.0. The molecule has 1 aliphatic carbocycles. The van der Waals surface area contributed by atoms with Crippen molar-refractivity contribution in [2.75, 3.05) is 18.5 Å². The number of carbonyl (C=O) groups excluding carboxylic acids is 2. The van der Waals surface area contributed by atoms with Crippen LogP contribution in [-0.4, -0.2) is 25.0 Å². The lowest BCUT2D eigenvalue weighted by molar-refractivity contribution is -0.121. The third-order valence-corrected chi connectivity index (χ3v) is 3.46. The molecule has 5 N–H and O–H groups in total. The summed E-state index contributed by atoms with van der Waals surface area (Å²) in [7, 11) is 0. The number of rotatable bonds is 7. The lowest BCUT2D eigenvalue weighted by atomic mass is 10.1. The predicted octanol–water partition coefficient (Wildman–Crippen LogP) is 0.618. The molecule has 0 unspecified atom stereocenters. The third kappa shape index (κ3) is 3.48. The van der Waals surface area contributed by atoms with E-state index < -0.39 is 5.91 Å². The summed E-state index contributed by atoms with van der Waals surface area (Å²) in [5.74, 6) is 0.206. The first-order valence-electron chi connectivity index (χ1n) is 6.58. The first-order chi connectivity index (χ1) is 9.55. The molecule has 1 aromatic rings. The minimum atomic E-state index is -0.398. The second-order valence-electron chi connectivity index (χ2n) is 5.03. The van der Waals surface area contributed by atoms with Crippen LogP contribution in [0.1, 0.15) is 19.3 Å². The maximum absolute atomic E-state index is 12.0. The van der Waals surface area contributed by atoms with Gasteiger partial charge in [0.2, 0.25) is 11.8 Å². The van der Waals surface area contributed by atoms with Gasteiger partial charge in [0.15, 0.2) is 0 Å². The molecule has 6 nitrogen and oxygen atoms in total. The van der Waals surface area contributed by atoms with Crippen molar-refractivity contribution in [3.8, 4) is 5.75 Å². The van der Waals surface area contributed by atoms with E-state index >= 15 is 0 Å².